The number of pyridine rings is 2. The van der Waals surface area contributed by atoms with Gasteiger partial charge in [0.05, 0.1) is 55.3 Å². The van der Waals surface area contributed by atoms with Crippen molar-refractivity contribution in [3.63, 3.8) is 0 Å². The van der Waals surface area contributed by atoms with Gasteiger partial charge in [-0.15, -0.1) is 0 Å². The molecular weight excluding hydrogens is 467 g/mol. The molecule has 8 nitrogen and oxygen atoms in total. The second-order valence-corrected chi connectivity index (χ2v) is 8.13. The van der Waals surface area contributed by atoms with Crippen molar-refractivity contribution in [2.75, 3.05) is 32.8 Å². The Bertz CT molecular complexity index is 1190. The Labute approximate surface area is 200 Å². The van der Waals surface area contributed by atoms with Gasteiger partial charge in [0.2, 0.25) is 5.91 Å². The number of anilines is 1. The highest BCUT2D eigenvalue weighted by atomic mass is 35.5. The maximum absolute atomic E-state index is 11.6. The molecule has 1 aliphatic rings. The molecule has 2 aromatic heterocycles. The summed E-state index contributed by atoms with van der Waals surface area (Å²) in [6.45, 7) is 4.35. The standard InChI is InChI=1S/C23H22Cl2N4O4/c1-4-20(30)29-16-11-33-10-15(16)28-19-6-13-8-26-14(5-12(13)9-27-19)21-22(24)17(31-2)7-18(32-3)23(21)25/h4-9,15-16H,1,10-11H2,2-3H3,(H,27,28)(H,29,30). The minimum absolute atomic E-state index is 0.118. The third-order valence-corrected chi connectivity index (χ3v) is 6.11. The first-order chi connectivity index (χ1) is 15.9. The molecule has 10 heteroatoms. The number of amides is 1. The fraction of sp³-hybridized carbons (Fsp3) is 0.261. The molecule has 1 saturated heterocycles. The third-order valence-electron chi connectivity index (χ3n) is 5.36. The summed E-state index contributed by atoms with van der Waals surface area (Å²) in [6.07, 6.45) is 4.69. The molecule has 33 heavy (non-hydrogen) atoms. The molecule has 2 unspecified atom stereocenters. The summed E-state index contributed by atoms with van der Waals surface area (Å²) in [5.74, 6) is 1.27. The number of halogens is 2. The van der Waals surface area contributed by atoms with Gasteiger partial charge < -0.3 is 24.8 Å². The molecule has 3 heterocycles. The molecule has 1 amide bonds. The van der Waals surface area contributed by atoms with Crippen LogP contribution < -0.4 is 20.1 Å². The molecule has 0 aliphatic carbocycles. The first-order valence-corrected chi connectivity index (χ1v) is 10.8. The minimum atomic E-state index is -0.244. The number of nitrogens with one attached hydrogen (secondary N) is 2. The van der Waals surface area contributed by atoms with E-state index in [-0.39, 0.29) is 18.0 Å². The molecule has 0 spiro atoms. The Morgan fingerprint density at radius 1 is 1.06 bits per heavy atom. The lowest BCUT2D eigenvalue weighted by Crippen LogP contribution is -2.45. The lowest BCUT2D eigenvalue weighted by atomic mass is 10.1. The van der Waals surface area contributed by atoms with E-state index in [0.29, 0.717) is 51.8 Å². The van der Waals surface area contributed by atoms with Crippen molar-refractivity contribution in [2.45, 2.75) is 12.1 Å². The maximum Gasteiger partial charge on any atom is 0.243 e. The van der Waals surface area contributed by atoms with Crippen LogP contribution in [0.3, 0.4) is 0 Å². The average molecular weight is 489 g/mol. The van der Waals surface area contributed by atoms with Gasteiger partial charge in [0, 0.05) is 34.8 Å². The van der Waals surface area contributed by atoms with Crippen LogP contribution in [0, 0.1) is 0 Å². The quantitative estimate of drug-likeness (QED) is 0.483. The molecule has 0 bridgehead atoms. The van der Waals surface area contributed by atoms with Crippen molar-refractivity contribution in [3.8, 4) is 22.8 Å². The number of rotatable bonds is 7. The molecule has 1 aliphatic heterocycles. The van der Waals surface area contributed by atoms with Crippen molar-refractivity contribution in [1.29, 1.82) is 0 Å². The molecule has 2 atom stereocenters. The number of fused-ring (bicyclic) bond motifs is 1. The van der Waals surface area contributed by atoms with E-state index in [1.54, 1.807) is 18.5 Å². The summed E-state index contributed by atoms with van der Waals surface area (Å²) in [7, 11) is 3.04. The van der Waals surface area contributed by atoms with Gasteiger partial charge in [-0.2, -0.15) is 0 Å². The zero-order valence-electron chi connectivity index (χ0n) is 18.0. The summed E-state index contributed by atoms with van der Waals surface area (Å²) in [4.78, 5) is 20.7. The van der Waals surface area contributed by atoms with Crippen molar-refractivity contribution < 1.29 is 19.0 Å². The van der Waals surface area contributed by atoms with Crippen molar-refractivity contribution >= 4 is 45.7 Å². The van der Waals surface area contributed by atoms with Crippen LogP contribution >= 0.6 is 23.2 Å². The third kappa shape index (κ3) is 4.68. The summed E-state index contributed by atoms with van der Waals surface area (Å²) in [5.41, 5.74) is 1.08. The minimum Gasteiger partial charge on any atom is -0.495 e. The molecule has 2 N–H and O–H groups in total. The van der Waals surface area contributed by atoms with E-state index in [4.69, 9.17) is 37.4 Å². The van der Waals surface area contributed by atoms with Crippen LogP contribution in [0.15, 0.2) is 43.2 Å². The van der Waals surface area contributed by atoms with E-state index in [1.165, 1.54) is 20.3 Å². The van der Waals surface area contributed by atoms with Gasteiger partial charge in [0.1, 0.15) is 17.3 Å². The summed E-state index contributed by atoms with van der Waals surface area (Å²) >= 11 is 13.1. The molecule has 172 valence electrons. The average Bonchev–Trinajstić information content (AvgIpc) is 3.25. The van der Waals surface area contributed by atoms with E-state index >= 15 is 0 Å². The fourth-order valence-electron chi connectivity index (χ4n) is 3.63. The lowest BCUT2D eigenvalue weighted by molar-refractivity contribution is -0.117. The number of methoxy groups -OCH3 is 2. The van der Waals surface area contributed by atoms with Crippen LogP contribution in [0.1, 0.15) is 0 Å². The molecule has 0 radical (unpaired) electrons. The van der Waals surface area contributed by atoms with Gasteiger partial charge >= 0.3 is 0 Å². The predicted octanol–water partition coefficient (Wildman–Crippen LogP) is 4.10. The van der Waals surface area contributed by atoms with Gasteiger partial charge in [0.25, 0.3) is 0 Å². The van der Waals surface area contributed by atoms with Gasteiger partial charge in [-0.25, -0.2) is 4.98 Å². The van der Waals surface area contributed by atoms with E-state index in [0.717, 1.165) is 10.8 Å². The SMILES string of the molecule is C=CC(=O)NC1COCC1Nc1cc2cnc(-c3c(Cl)c(OC)cc(OC)c3Cl)cc2cn1. The largest absolute Gasteiger partial charge is 0.495 e. The Kier molecular flexibility index (Phi) is 6.88. The molecular formula is C23H22Cl2N4O4. The maximum atomic E-state index is 11.6. The van der Waals surface area contributed by atoms with E-state index in [1.807, 2.05) is 12.1 Å². The van der Waals surface area contributed by atoms with Crippen molar-refractivity contribution in [1.82, 2.24) is 15.3 Å². The van der Waals surface area contributed by atoms with E-state index in [2.05, 4.69) is 27.2 Å². The molecule has 3 aromatic rings. The lowest BCUT2D eigenvalue weighted by Gasteiger charge is -2.20. The second kappa shape index (κ2) is 9.82. The highest BCUT2D eigenvalue weighted by Gasteiger charge is 2.29. The van der Waals surface area contributed by atoms with Crippen LogP contribution in [-0.4, -0.2) is 55.4 Å². The number of benzene rings is 1. The highest BCUT2D eigenvalue weighted by molar-refractivity contribution is 6.41. The molecule has 1 aromatic carbocycles. The Balaban J connectivity index is 1.63. The van der Waals surface area contributed by atoms with Gasteiger partial charge in [-0.1, -0.05) is 29.8 Å². The first kappa shape index (κ1) is 23.1. The predicted molar refractivity (Wildman–Crippen MR) is 128 cm³/mol. The molecule has 0 saturated carbocycles. The number of carbonyl (C=O) groups excluding carboxylic acids is 1. The van der Waals surface area contributed by atoms with Gasteiger partial charge in [0.15, 0.2) is 0 Å². The number of aromatic nitrogens is 2. The molecule has 1 fully saturated rings. The zero-order chi connectivity index (χ0) is 23.5. The van der Waals surface area contributed by atoms with Crippen LogP contribution in [0.5, 0.6) is 11.5 Å². The van der Waals surface area contributed by atoms with Gasteiger partial charge in [-0.3, -0.25) is 9.78 Å². The smallest absolute Gasteiger partial charge is 0.243 e. The number of carbonyl (C=O) groups is 1. The van der Waals surface area contributed by atoms with Crippen molar-refractivity contribution in [3.05, 3.63) is 53.3 Å². The van der Waals surface area contributed by atoms with Crippen LogP contribution in [0.4, 0.5) is 5.82 Å². The summed E-state index contributed by atoms with van der Waals surface area (Å²) in [5, 5.41) is 8.58. The topological polar surface area (TPSA) is 94.6 Å². The van der Waals surface area contributed by atoms with Gasteiger partial charge in [-0.05, 0) is 18.2 Å². The van der Waals surface area contributed by atoms with E-state index < -0.39 is 0 Å². The zero-order valence-corrected chi connectivity index (χ0v) is 19.5. The van der Waals surface area contributed by atoms with Crippen molar-refractivity contribution in [2.24, 2.45) is 0 Å². The number of ether oxygens (including phenoxy) is 3. The summed E-state index contributed by atoms with van der Waals surface area (Å²) in [6, 6.07) is 5.07. The first-order valence-electron chi connectivity index (χ1n) is 10.1. The molecule has 4 rings (SSSR count). The Hall–Kier alpha value is -3.07. The van der Waals surface area contributed by atoms with Crippen LogP contribution in [0.2, 0.25) is 10.0 Å². The number of hydrogen-bond acceptors (Lipinski definition) is 7. The normalized spacial score (nSPS) is 17.6. The van der Waals surface area contributed by atoms with E-state index in [9.17, 15) is 4.79 Å². The highest BCUT2D eigenvalue weighted by Crippen LogP contribution is 2.45. The fourth-order valence-corrected chi connectivity index (χ4v) is 4.33. The monoisotopic (exact) mass is 488 g/mol. The van der Waals surface area contributed by atoms with Crippen LogP contribution in [0.25, 0.3) is 22.0 Å². The Morgan fingerprint density at radius 2 is 1.70 bits per heavy atom. The Morgan fingerprint density at radius 3 is 2.36 bits per heavy atom. The number of nitrogens with zero attached hydrogens (tertiary/aromatic N) is 2. The number of hydrogen-bond donors (Lipinski definition) is 2. The summed E-state index contributed by atoms with van der Waals surface area (Å²) < 4.78 is 16.2. The van der Waals surface area contributed by atoms with Crippen LogP contribution in [-0.2, 0) is 9.53 Å². The second-order valence-electron chi connectivity index (χ2n) is 7.38.